The van der Waals surface area contributed by atoms with Gasteiger partial charge in [-0.1, -0.05) is 0 Å². The second-order valence-electron chi connectivity index (χ2n) is 3.12. The summed E-state index contributed by atoms with van der Waals surface area (Å²) in [6, 6.07) is 1.84. The molecule has 0 aliphatic rings. The summed E-state index contributed by atoms with van der Waals surface area (Å²) >= 11 is 0. The van der Waals surface area contributed by atoms with Crippen molar-refractivity contribution in [2.75, 3.05) is 0 Å². The first-order chi connectivity index (χ1) is 6.40. The summed E-state index contributed by atoms with van der Waals surface area (Å²) in [7, 11) is -3.88. The maximum atomic E-state index is 10.5. The van der Waals surface area contributed by atoms with Crippen LogP contribution in [0.25, 0.3) is 0 Å². The molecule has 0 atom stereocenters. The molecule has 0 bridgehead atoms. The Bertz CT molecular complexity index is 396. The van der Waals surface area contributed by atoms with Gasteiger partial charge in [0, 0.05) is 12.2 Å². The fourth-order valence-electron chi connectivity index (χ4n) is 1.06. The zero-order valence-electron chi connectivity index (χ0n) is 8.04. The average Bonchev–Trinajstić information content (AvgIpc) is 2.46. The van der Waals surface area contributed by atoms with Crippen LogP contribution in [-0.4, -0.2) is 18.2 Å². The van der Waals surface area contributed by atoms with Gasteiger partial charge in [0.1, 0.15) is 6.61 Å². The minimum Gasteiger partial charge on any atom is -0.265 e. The van der Waals surface area contributed by atoms with Crippen molar-refractivity contribution in [1.29, 1.82) is 0 Å². The van der Waals surface area contributed by atoms with E-state index in [0.717, 1.165) is 0 Å². The van der Waals surface area contributed by atoms with Crippen LogP contribution in [-0.2, 0) is 21.1 Å². The molecule has 0 aliphatic carbocycles. The van der Waals surface area contributed by atoms with Crippen LogP contribution in [0, 0.1) is 0 Å². The van der Waals surface area contributed by atoms with Gasteiger partial charge in [-0.05, 0) is 19.9 Å². The van der Waals surface area contributed by atoms with Crippen LogP contribution in [0.4, 0.5) is 0 Å². The van der Waals surface area contributed by atoms with E-state index >= 15 is 0 Å². The summed E-state index contributed by atoms with van der Waals surface area (Å²) in [4.78, 5) is 0. The second kappa shape index (κ2) is 4.07. The summed E-state index contributed by atoms with van der Waals surface area (Å²) in [6.45, 7) is 3.79. The Balaban J connectivity index is 2.72. The number of nitrogens with two attached hydrogens (primary N) is 1. The van der Waals surface area contributed by atoms with Crippen molar-refractivity contribution >= 4 is 10.3 Å². The lowest BCUT2D eigenvalue weighted by atomic mass is 10.3. The maximum Gasteiger partial charge on any atom is 0.333 e. The number of rotatable bonds is 4. The van der Waals surface area contributed by atoms with E-state index in [-0.39, 0.29) is 12.6 Å². The average molecular weight is 219 g/mol. The molecule has 0 unspecified atom stereocenters. The molecule has 2 N–H and O–H groups in total. The van der Waals surface area contributed by atoms with E-state index in [1.807, 2.05) is 13.8 Å². The molecule has 0 saturated carbocycles. The highest BCUT2D eigenvalue weighted by molar-refractivity contribution is 7.84. The SMILES string of the molecule is CC(C)n1nccc1COS(N)(=O)=O. The largest absolute Gasteiger partial charge is 0.333 e. The normalized spacial score (nSPS) is 12.3. The van der Waals surface area contributed by atoms with E-state index in [4.69, 9.17) is 5.14 Å². The molecule has 0 saturated heterocycles. The Hall–Kier alpha value is -0.920. The highest BCUT2D eigenvalue weighted by atomic mass is 32.2. The molecule has 0 aromatic carbocycles. The molecule has 0 aliphatic heterocycles. The highest BCUT2D eigenvalue weighted by Crippen LogP contribution is 2.09. The molecular formula is C7H13N3O3S. The molecule has 0 amide bonds. The van der Waals surface area contributed by atoms with Gasteiger partial charge in [0.2, 0.25) is 0 Å². The van der Waals surface area contributed by atoms with Gasteiger partial charge in [0.15, 0.2) is 0 Å². The van der Waals surface area contributed by atoms with Crippen LogP contribution in [0.5, 0.6) is 0 Å². The molecule has 0 radical (unpaired) electrons. The summed E-state index contributed by atoms with van der Waals surface area (Å²) in [6.07, 6.45) is 1.59. The lowest BCUT2D eigenvalue weighted by Gasteiger charge is -2.09. The molecule has 7 heteroatoms. The van der Waals surface area contributed by atoms with E-state index in [1.54, 1.807) is 16.9 Å². The van der Waals surface area contributed by atoms with Gasteiger partial charge in [-0.25, -0.2) is 5.14 Å². The number of nitrogens with zero attached hydrogens (tertiary/aromatic N) is 2. The lowest BCUT2D eigenvalue weighted by molar-refractivity contribution is 0.291. The van der Waals surface area contributed by atoms with Gasteiger partial charge < -0.3 is 0 Å². The Morgan fingerprint density at radius 2 is 2.29 bits per heavy atom. The van der Waals surface area contributed by atoms with Crippen LogP contribution in [0.15, 0.2) is 12.3 Å². The molecule has 1 aromatic heterocycles. The van der Waals surface area contributed by atoms with Crippen LogP contribution in [0.2, 0.25) is 0 Å². The molecule has 0 spiro atoms. The lowest BCUT2D eigenvalue weighted by Crippen LogP contribution is -2.17. The quantitative estimate of drug-likeness (QED) is 0.782. The molecule has 14 heavy (non-hydrogen) atoms. The van der Waals surface area contributed by atoms with Crippen molar-refractivity contribution in [2.45, 2.75) is 26.5 Å². The summed E-state index contributed by atoms with van der Waals surface area (Å²) < 4.78 is 27.2. The van der Waals surface area contributed by atoms with Crippen molar-refractivity contribution in [3.63, 3.8) is 0 Å². The number of aromatic nitrogens is 2. The molecule has 1 aromatic rings. The van der Waals surface area contributed by atoms with Gasteiger partial charge in [0.05, 0.1) is 5.69 Å². The van der Waals surface area contributed by atoms with E-state index in [2.05, 4.69) is 9.28 Å². The van der Waals surface area contributed by atoms with Crippen LogP contribution in [0.3, 0.4) is 0 Å². The zero-order chi connectivity index (χ0) is 10.8. The summed E-state index contributed by atoms with van der Waals surface area (Å²) in [5.41, 5.74) is 0.675. The van der Waals surface area contributed by atoms with Crippen molar-refractivity contribution in [3.05, 3.63) is 18.0 Å². The molecule has 1 rings (SSSR count). The van der Waals surface area contributed by atoms with Gasteiger partial charge >= 0.3 is 10.3 Å². The fourth-order valence-corrected chi connectivity index (χ4v) is 1.35. The van der Waals surface area contributed by atoms with E-state index in [9.17, 15) is 8.42 Å². The maximum absolute atomic E-state index is 10.5. The van der Waals surface area contributed by atoms with Gasteiger partial charge in [-0.3, -0.25) is 8.86 Å². The van der Waals surface area contributed by atoms with E-state index in [0.29, 0.717) is 5.69 Å². The Morgan fingerprint density at radius 1 is 1.64 bits per heavy atom. The Labute approximate surface area is 82.9 Å². The molecule has 6 nitrogen and oxygen atoms in total. The first-order valence-electron chi connectivity index (χ1n) is 4.09. The minimum absolute atomic E-state index is 0.0863. The number of hydrogen-bond donors (Lipinski definition) is 1. The van der Waals surface area contributed by atoms with Crippen LogP contribution < -0.4 is 5.14 Å². The first-order valence-corrected chi connectivity index (χ1v) is 5.57. The fraction of sp³-hybridized carbons (Fsp3) is 0.571. The molecule has 0 fully saturated rings. The monoisotopic (exact) mass is 219 g/mol. The Morgan fingerprint density at radius 3 is 2.79 bits per heavy atom. The minimum atomic E-state index is -3.88. The highest BCUT2D eigenvalue weighted by Gasteiger charge is 2.09. The third-order valence-corrected chi connectivity index (χ3v) is 2.06. The molecule has 1 heterocycles. The summed E-state index contributed by atoms with van der Waals surface area (Å²) in [5, 5.41) is 8.72. The van der Waals surface area contributed by atoms with Crippen molar-refractivity contribution < 1.29 is 12.6 Å². The standard InChI is InChI=1S/C7H13N3O3S/c1-6(2)10-7(3-4-9-10)5-13-14(8,11)12/h3-4,6H,5H2,1-2H3,(H2,8,11,12). The van der Waals surface area contributed by atoms with Gasteiger partial charge in [-0.2, -0.15) is 13.5 Å². The topological polar surface area (TPSA) is 87.2 Å². The second-order valence-corrected chi connectivity index (χ2v) is 4.34. The third kappa shape index (κ3) is 3.09. The van der Waals surface area contributed by atoms with Crippen LogP contribution >= 0.6 is 0 Å². The van der Waals surface area contributed by atoms with Gasteiger partial charge in [0.25, 0.3) is 0 Å². The zero-order valence-corrected chi connectivity index (χ0v) is 8.86. The summed E-state index contributed by atoms with van der Waals surface area (Å²) in [5.74, 6) is 0. The smallest absolute Gasteiger partial charge is 0.265 e. The molecule has 80 valence electrons. The predicted octanol–water partition coefficient (Wildman–Crippen LogP) is 0.184. The molecular weight excluding hydrogens is 206 g/mol. The third-order valence-electron chi connectivity index (χ3n) is 1.61. The Kier molecular flexibility index (Phi) is 3.25. The first kappa shape index (κ1) is 11.2. The van der Waals surface area contributed by atoms with Gasteiger partial charge in [-0.15, -0.1) is 0 Å². The van der Waals surface area contributed by atoms with Crippen LogP contribution in [0.1, 0.15) is 25.6 Å². The predicted molar refractivity (Wildman–Crippen MR) is 50.5 cm³/mol. The van der Waals surface area contributed by atoms with Crippen molar-refractivity contribution in [3.8, 4) is 0 Å². The van der Waals surface area contributed by atoms with Crippen molar-refractivity contribution in [1.82, 2.24) is 9.78 Å². The van der Waals surface area contributed by atoms with E-state index in [1.165, 1.54) is 0 Å². The van der Waals surface area contributed by atoms with E-state index < -0.39 is 10.3 Å². The number of hydrogen-bond acceptors (Lipinski definition) is 4. The van der Waals surface area contributed by atoms with Crippen molar-refractivity contribution in [2.24, 2.45) is 5.14 Å².